The highest BCUT2D eigenvalue weighted by Crippen LogP contribution is 2.28. The first-order chi connectivity index (χ1) is 12.6. The molecule has 1 aliphatic carbocycles. The van der Waals surface area contributed by atoms with E-state index in [1.807, 2.05) is 0 Å². The number of nitriles is 1. The largest absolute Gasteiger partial charge is 0.504 e. The first-order valence-corrected chi connectivity index (χ1v) is 8.67. The minimum atomic E-state index is -0.907. The molecule has 0 saturated heterocycles. The van der Waals surface area contributed by atoms with Crippen molar-refractivity contribution >= 4 is 11.9 Å². The molecule has 0 bridgehead atoms. The van der Waals surface area contributed by atoms with Gasteiger partial charge in [0.05, 0.1) is 12.3 Å². The summed E-state index contributed by atoms with van der Waals surface area (Å²) in [6, 6.07) is 10.2. The highest BCUT2D eigenvalue weighted by molar-refractivity contribution is 5.97. The van der Waals surface area contributed by atoms with Crippen molar-refractivity contribution in [2.75, 3.05) is 6.61 Å². The SMILES string of the molecule is CCOC(=O)/C(C#N)=C(/O)C(NC(=O)c1ccccc1)=C1CCCCC1. The maximum Gasteiger partial charge on any atom is 0.352 e. The molecular weight excluding hydrogens is 332 g/mol. The zero-order valence-corrected chi connectivity index (χ0v) is 14.7. The molecule has 1 aromatic carbocycles. The lowest BCUT2D eigenvalue weighted by Crippen LogP contribution is -2.27. The summed E-state index contributed by atoms with van der Waals surface area (Å²) in [4.78, 5) is 24.5. The minimum Gasteiger partial charge on any atom is -0.504 e. The van der Waals surface area contributed by atoms with Gasteiger partial charge in [-0.2, -0.15) is 5.26 Å². The standard InChI is InChI=1S/C20H22N2O4/c1-2-26-20(25)16(13-21)18(23)17(14-9-5-3-6-10-14)22-19(24)15-11-7-4-8-12-15/h4,7-8,11-12,23H,2-3,5-6,9-10H2,1H3,(H,22,24)/b18-16+. The smallest absolute Gasteiger partial charge is 0.352 e. The molecule has 2 rings (SSSR count). The van der Waals surface area contributed by atoms with Gasteiger partial charge in [0, 0.05) is 5.56 Å². The van der Waals surface area contributed by atoms with Gasteiger partial charge in [0.2, 0.25) is 0 Å². The summed E-state index contributed by atoms with van der Waals surface area (Å²) < 4.78 is 4.83. The summed E-state index contributed by atoms with van der Waals surface area (Å²) in [5.41, 5.74) is 0.885. The Bertz CT molecular complexity index is 765. The Morgan fingerprint density at radius 3 is 2.42 bits per heavy atom. The van der Waals surface area contributed by atoms with Gasteiger partial charge in [-0.15, -0.1) is 0 Å². The average Bonchev–Trinajstić information content (AvgIpc) is 2.68. The van der Waals surface area contributed by atoms with Crippen LogP contribution >= 0.6 is 0 Å². The summed E-state index contributed by atoms with van der Waals surface area (Å²) in [7, 11) is 0. The van der Waals surface area contributed by atoms with Crippen LogP contribution in [0.3, 0.4) is 0 Å². The van der Waals surface area contributed by atoms with Crippen LogP contribution in [0.1, 0.15) is 49.4 Å². The van der Waals surface area contributed by atoms with Crippen molar-refractivity contribution in [1.29, 1.82) is 5.26 Å². The second-order valence-corrected chi connectivity index (χ2v) is 5.92. The van der Waals surface area contributed by atoms with Crippen molar-refractivity contribution in [2.24, 2.45) is 0 Å². The number of carbonyl (C=O) groups excluding carboxylic acids is 2. The van der Waals surface area contributed by atoms with Crippen LogP contribution in [0, 0.1) is 11.3 Å². The molecule has 2 N–H and O–H groups in total. The summed E-state index contributed by atoms with van der Waals surface area (Å²) in [5, 5.41) is 22.6. The molecule has 1 amide bonds. The summed E-state index contributed by atoms with van der Waals surface area (Å²) in [6.07, 6.45) is 4.30. The Morgan fingerprint density at radius 1 is 1.19 bits per heavy atom. The van der Waals surface area contributed by atoms with Gasteiger partial charge in [0.25, 0.3) is 5.91 Å². The number of nitrogens with zero attached hydrogens (tertiary/aromatic N) is 1. The molecule has 1 aromatic rings. The van der Waals surface area contributed by atoms with E-state index in [4.69, 9.17) is 4.74 Å². The van der Waals surface area contributed by atoms with E-state index in [1.54, 1.807) is 43.3 Å². The van der Waals surface area contributed by atoms with Crippen LogP contribution in [0.4, 0.5) is 0 Å². The molecule has 0 radical (unpaired) electrons. The Balaban J connectivity index is 2.43. The molecule has 26 heavy (non-hydrogen) atoms. The molecule has 6 heteroatoms. The molecule has 0 aliphatic heterocycles. The van der Waals surface area contributed by atoms with E-state index >= 15 is 0 Å². The van der Waals surface area contributed by atoms with E-state index in [2.05, 4.69) is 5.32 Å². The topological polar surface area (TPSA) is 99.4 Å². The predicted molar refractivity (Wildman–Crippen MR) is 95.9 cm³/mol. The molecule has 0 aromatic heterocycles. The van der Waals surface area contributed by atoms with Gasteiger partial charge in [0.1, 0.15) is 6.07 Å². The van der Waals surface area contributed by atoms with Crippen molar-refractivity contribution in [3.8, 4) is 6.07 Å². The lowest BCUT2D eigenvalue weighted by atomic mass is 9.92. The highest BCUT2D eigenvalue weighted by atomic mass is 16.5. The van der Waals surface area contributed by atoms with Gasteiger partial charge >= 0.3 is 5.97 Å². The van der Waals surface area contributed by atoms with Crippen LogP contribution in [0.15, 0.2) is 52.9 Å². The van der Waals surface area contributed by atoms with Gasteiger partial charge in [0.15, 0.2) is 11.3 Å². The number of nitrogens with one attached hydrogen (secondary N) is 1. The maximum absolute atomic E-state index is 12.5. The molecule has 0 atom stereocenters. The summed E-state index contributed by atoms with van der Waals surface area (Å²) in [5.74, 6) is -1.85. The third kappa shape index (κ3) is 4.73. The number of esters is 1. The molecule has 6 nitrogen and oxygen atoms in total. The van der Waals surface area contributed by atoms with E-state index in [0.717, 1.165) is 24.8 Å². The number of aliphatic hydroxyl groups is 1. The quantitative estimate of drug-likeness (QED) is 0.365. The average molecular weight is 354 g/mol. The number of rotatable bonds is 5. The van der Waals surface area contributed by atoms with Crippen LogP contribution in [0.2, 0.25) is 0 Å². The molecule has 0 spiro atoms. The van der Waals surface area contributed by atoms with Crippen LogP contribution in [0.25, 0.3) is 0 Å². The first-order valence-electron chi connectivity index (χ1n) is 8.67. The number of benzene rings is 1. The fourth-order valence-electron chi connectivity index (χ4n) is 2.84. The molecule has 1 saturated carbocycles. The predicted octanol–water partition coefficient (Wildman–Crippen LogP) is 3.53. The Kier molecular flexibility index (Phi) is 6.98. The monoisotopic (exact) mass is 354 g/mol. The van der Waals surface area contributed by atoms with E-state index in [9.17, 15) is 20.0 Å². The number of carbonyl (C=O) groups is 2. The van der Waals surface area contributed by atoms with Crippen molar-refractivity contribution in [2.45, 2.75) is 39.0 Å². The fraction of sp³-hybridized carbons (Fsp3) is 0.350. The zero-order valence-electron chi connectivity index (χ0n) is 14.7. The molecule has 1 fully saturated rings. The number of aliphatic hydroxyl groups excluding tert-OH is 1. The zero-order chi connectivity index (χ0) is 18.9. The molecular formula is C20H22N2O4. The Labute approximate surface area is 152 Å². The van der Waals surface area contributed by atoms with Crippen molar-refractivity contribution in [3.05, 3.63) is 58.5 Å². The molecule has 136 valence electrons. The lowest BCUT2D eigenvalue weighted by Gasteiger charge is -2.20. The highest BCUT2D eigenvalue weighted by Gasteiger charge is 2.24. The third-order valence-corrected chi connectivity index (χ3v) is 4.15. The van der Waals surface area contributed by atoms with Crippen molar-refractivity contribution < 1.29 is 19.4 Å². The minimum absolute atomic E-state index is 0.0829. The van der Waals surface area contributed by atoms with Crippen molar-refractivity contribution in [3.63, 3.8) is 0 Å². The van der Waals surface area contributed by atoms with Gasteiger partial charge in [-0.05, 0) is 50.3 Å². The van der Waals surface area contributed by atoms with Crippen molar-refractivity contribution in [1.82, 2.24) is 5.32 Å². The first kappa shape index (κ1) is 19.3. The molecule has 0 unspecified atom stereocenters. The van der Waals surface area contributed by atoms with Gasteiger partial charge < -0.3 is 15.2 Å². The number of allylic oxidation sites excluding steroid dienone is 1. The maximum atomic E-state index is 12.5. The van der Waals surface area contributed by atoms with Crippen LogP contribution in [0.5, 0.6) is 0 Å². The van der Waals surface area contributed by atoms with E-state index in [1.165, 1.54) is 0 Å². The van der Waals surface area contributed by atoms with E-state index in [0.29, 0.717) is 18.4 Å². The fourth-order valence-corrected chi connectivity index (χ4v) is 2.84. The molecule has 0 heterocycles. The van der Waals surface area contributed by atoms with Gasteiger partial charge in [-0.25, -0.2) is 4.79 Å². The van der Waals surface area contributed by atoms with Gasteiger partial charge in [-0.1, -0.05) is 24.6 Å². The summed E-state index contributed by atoms with van der Waals surface area (Å²) in [6.45, 7) is 1.70. The number of hydrogen-bond donors (Lipinski definition) is 2. The Morgan fingerprint density at radius 2 is 1.85 bits per heavy atom. The molecule has 1 aliphatic rings. The van der Waals surface area contributed by atoms with Crippen LogP contribution < -0.4 is 5.32 Å². The second-order valence-electron chi connectivity index (χ2n) is 5.92. The van der Waals surface area contributed by atoms with Crippen LogP contribution in [-0.2, 0) is 9.53 Å². The number of ether oxygens (including phenoxy) is 1. The second kappa shape index (κ2) is 9.42. The van der Waals surface area contributed by atoms with E-state index in [-0.39, 0.29) is 12.3 Å². The normalized spacial score (nSPS) is 14.7. The van der Waals surface area contributed by atoms with Gasteiger partial charge in [-0.3, -0.25) is 4.79 Å². The lowest BCUT2D eigenvalue weighted by molar-refractivity contribution is -0.138. The third-order valence-electron chi connectivity index (χ3n) is 4.15. The van der Waals surface area contributed by atoms with Crippen LogP contribution in [-0.4, -0.2) is 23.6 Å². The number of amides is 1. The number of hydrogen-bond acceptors (Lipinski definition) is 5. The summed E-state index contributed by atoms with van der Waals surface area (Å²) >= 11 is 0. The Hall–Kier alpha value is -3.07. The van der Waals surface area contributed by atoms with E-state index < -0.39 is 23.2 Å².